The first-order valence-corrected chi connectivity index (χ1v) is 6.91. The number of rotatable bonds is 3. The van der Waals surface area contributed by atoms with Crippen LogP contribution in [0.1, 0.15) is 11.1 Å². The van der Waals surface area contributed by atoms with E-state index < -0.39 is 6.04 Å². The fraction of sp³-hybridized carbons (Fsp3) is 0.176. The first-order valence-electron chi connectivity index (χ1n) is 6.91. The summed E-state index contributed by atoms with van der Waals surface area (Å²) in [6.45, 7) is 1.89. The molecule has 4 nitrogen and oxygen atoms in total. The molecule has 1 aliphatic rings. The largest absolute Gasteiger partial charge is 0.329 e. The van der Waals surface area contributed by atoms with Gasteiger partial charge >= 0.3 is 6.03 Å². The Morgan fingerprint density at radius 3 is 2.38 bits per heavy atom. The van der Waals surface area contributed by atoms with Crippen molar-refractivity contribution in [2.75, 3.05) is 4.90 Å². The third-order valence-electron chi connectivity index (χ3n) is 3.66. The molecule has 1 heterocycles. The third-order valence-corrected chi connectivity index (χ3v) is 3.66. The van der Waals surface area contributed by atoms with Gasteiger partial charge in [-0.2, -0.15) is 0 Å². The van der Waals surface area contributed by atoms with E-state index in [2.05, 4.69) is 5.32 Å². The SMILES string of the molecule is Cc1ccccc1N1C(=O)NC(Cc2ccccc2)C1=O. The molecular weight excluding hydrogens is 264 g/mol. The molecule has 0 aliphatic carbocycles. The number of hydrogen-bond donors (Lipinski definition) is 1. The Morgan fingerprint density at radius 2 is 1.67 bits per heavy atom. The lowest BCUT2D eigenvalue weighted by Crippen LogP contribution is -2.32. The van der Waals surface area contributed by atoms with Gasteiger partial charge in [0.25, 0.3) is 5.91 Å². The lowest BCUT2D eigenvalue weighted by Gasteiger charge is -2.15. The molecule has 1 unspecified atom stereocenters. The van der Waals surface area contributed by atoms with Crippen molar-refractivity contribution in [3.8, 4) is 0 Å². The van der Waals surface area contributed by atoms with Crippen molar-refractivity contribution in [1.29, 1.82) is 0 Å². The maximum Gasteiger partial charge on any atom is 0.329 e. The zero-order chi connectivity index (χ0) is 14.8. The number of nitrogens with one attached hydrogen (secondary N) is 1. The summed E-state index contributed by atoms with van der Waals surface area (Å²) < 4.78 is 0. The van der Waals surface area contributed by atoms with Crippen LogP contribution < -0.4 is 10.2 Å². The number of hydrogen-bond acceptors (Lipinski definition) is 2. The number of imide groups is 1. The molecule has 3 rings (SSSR count). The molecular formula is C17H16N2O2. The average molecular weight is 280 g/mol. The van der Waals surface area contributed by atoms with Gasteiger partial charge in [-0.3, -0.25) is 4.79 Å². The summed E-state index contributed by atoms with van der Waals surface area (Å²) in [4.78, 5) is 25.9. The molecule has 1 atom stereocenters. The van der Waals surface area contributed by atoms with Crippen LogP contribution in [0.3, 0.4) is 0 Å². The molecule has 0 radical (unpaired) electrons. The highest BCUT2D eigenvalue weighted by Gasteiger charge is 2.39. The van der Waals surface area contributed by atoms with E-state index in [1.165, 1.54) is 4.90 Å². The minimum atomic E-state index is -0.500. The van der Waals surface area contributed by atoms with Gasteiger partial charge in [-0.15, -0.1) is 0 Å². The van der Waals surface area contributed by atoms with Crippen molar-refractivity contribution in [2.45, 2.75) is 19.4 Å². The minimum absolute atomic E-state index is 0.196. The van der Waals surface area contributed by atoms with Crippen LogP contribution in [0.25, 0.3) is 0 Å². The van der Waals surface area contributed by atoms with Gasteiger partial charge in [-0.05, 0) is 24.1 Å². The summed E-state index contributed by atoms with van der Waals surface area (Å²) in [5.74, 6) is -0.196. The molecule has 2 aromatic rings. The van der Waals surface area contributed by atoms with Crippen LogP contribution in [0.2, 0.25) is 0 Å². The fourth-order valence-electron chi connectivity index (χ4n) is 2.56. The Kier molecular flexibility index (Phi) is 3.44. The van der Waals surface area contributed by atoms with Crippen LogP contribution in [-0.2, 0) is 11.2 Å². The van der Waals surface area contributed by atoms with E-state index in [0.717, 1.165) is 11.1 Å². The average Bonchev–Trinajstić information content (AvgIpc) is 2.76. The molecule has 0 saturated carbocycles. The molecule has 1 fully saturated rings. The number of nitrogens with zero attached hydrogens (tertiary/aromatic N) is 1. The molecule has 0 bridgehead atoms. The standard InChI is InChI=1S/C17H16N2O2/c1-12-7-5-6-10-15(12)19-16(20)14(18-17(19)21)11-13-8-3-2-4-9-13/h2-10,14H,11H2,1H3,(H,18,21). The van der Waals surface area contributed by atoms with E-state index in [4.69, 9.17) is 0 Å². The minimum Gasteiger partial charge on any atom is -0.325 e. The van der Waals surface area contributed by atoms with Crippen LogP contribution in [0.5, 0.6) is 0 Å². The Balaban J connectivity index is 1.84. The second-order valence-corrected chi connectivity index (χ2v) is 5.15. The van der Waals surface area contributed by atoms with Crippen molar-refractivity contribution in [3.63, 3.8) is 0 Å². The van der Waals surface area contributed by atoms with E-state index in [1.54, 1.807) is 6.07 Å². The quantitative estimate of drug-likeness (QED) is 0.879. The van der Waals surface area contributed by atoms with Gasteiger partial charge < -0.3 is 5.32 Å². The molecule has 1 saturated heterocycles. The Bertz CT molecular complexity index is 682. The highest BCUT2D eigenvalue weighted by Crippen LogP contribution is 2.24. The summed E-state index contributed by atoms with van der Waals surface area (Å²) in [5.41, 5.74) is 2.58. The summed E-state index contributed by atoms with van der Waals surface area (Å²) in [7, 11) is 0. The lowest BCUT2D eigenvalue weighted by molar-refractivity contribution is -0.118. The summed E-state index contributed by atoms with van der Waals surface area (Å²) in [5, 5.41) is 2.77. The molecule has 4 heteroatoms. The lowest BCUT2D eigenvalue weighted by atomic mass is 10.1. The summed E-state index contributed by atoms with van der Waals surface area (Å²) in [6, 6.07) is 16.2. The molecule has 21 heavy (non-hydrogen) atoms. The van der Waals surface area contributed by atoms with Crippen molar-refractivity contribution in [2.24, 2.45) is 0 Å². The smallest absolute Gasteiger partial charge is 0.325 e. The monoisotopic (exact) mass is 280 g/mol. The number of carbonyl (C=O) groups is 2. The van der Waals surface area contributed by atoms with Gasteiger partial charge in [0, 0.05) is 6.42 Å². The van der Waals surface area contributed by atoms with Gasteiger partial charge in [0.15, 0.2) is 0 Å². The van der Waals surface area contributed by atoms with Gasteiger partial charge in [0.1, 0.15) is 6.04 Å². The number of carbonyl (C=O) groups excluding carboxylic acids is 2. The Morgan fingerprint density at radius 1 is 1.00 bits per heavy atom. The van der Waals surface area contributed by atoms with Crippen LogP contribution in [-0.4, -0.2) is 18.0 Å². The first kappa shape index (κ1) is 13.4. The van der Waals surface area contributed by atoms with Crippen molar-refractivity contribution >= 4 is 17.6 Å². The predicted molar refractivity (Wildman–Crippen MR) is 81.1 cm³/mol. The van der Waals surface area contributed by atoms with Crippen LogP contribution in [0.15, 0.2) is 54.6 Å². The molecule has 3 amide bonds. The number of urea groups is 1. The van der Waals surface area contributed by atoms with E-state index in [-0.39, 0.29) is 11.9 Å². The molecule has 0 spiro atoms. The van der Waals surface area contributed by atoms with Gasteiger partial charge in [-0.1, -0.05) is 48.5 Å². The van der Waals surface area contributed by atoms with Crippen molar-refractivity contribution < 1.29 is 9.59 Å². The van der Waals surface area contributed by atoms with Gasteiger partial charge in [-0.25, -0.2) is 9.69 Å². The van der Waals surface area contributed by atoms with Gasteiger partial charge in [0.2, 0.25) is 0 Å². The second kappa shape index (κ2) is 5.40. The predicted octanol–water partition coefficient (Wildman–Crippen LogP) is 2.66. The maximum absolute atomic E-state index is 12.5. The van der Waals surface area contributed by atoms with Crippen LogP contribution >= 0.6 is 0 Å². The highest BCUT2D eigenvalue weighted by molar-refractivity contribution is 6.21. The summed E-state index contributed by atoms with van der Waals surface area (Å²) in [6.07, 6.45) is 0.508. The van der Waals surface area contributed by atoms with Crippen LogP contribution in [0, 0.1) is 6.92 Å². The number of para-hydroxylation sites is 1. The molecule has 2 aromatic carbocycles. The number of benzene rings is 2. The number of anilines is 1. The zero-order valence-corrected chi connectivity index (χ0v) is 11.7. The van der Waals surface area contributed by atoms with Crippen LogP contribution in [0.4, 0.5) is 10.5 Å². The Labute approximate surface area is 123 Å². The topological polar surface area (TPSA) is 49.4 Å². The normalized spacial score (nSPS) is 18.0. The van der Waals surface area contributed by atoms with E-state index in [9.17, 15) is 9.59 Å². The van der Waals surface area contributed by atoms with Gasteiger partial charge in [0.05, 0.1) is 5.69 Å². The summed E-state index contributed by atoms with van der Waals surface area (Å²) >= 11 is 0. The molecule has 1 N–H and O–H groups in total. The first-order chi connectivity index (χ1) is 10.2. The molecule has 106 valence electrons. The zero-order valence-electron chi connectivity index (χ0n) is 11.7. The highest BCUT2D eigenvalue weighted by atomic mass is 16.2. The van der Waals surface area contributed by atoms with Crippen molar-refractivity contribution in [1.82, 2.24) is 5.32 Å². The maximum atomic E-state index is 12.5. The van der Waals surface area contributed by atoms with E-state index >= 15 is 0 Å². The Hall–Kier alpha value is -2.62. The third kappa shape index (κ3) is 2.52. The molecule has 0 aromatic heterocycles. The molecule has 1 aliphatic heterocycles. The number of aryl methyl sites for hydroxylation is 1. The van der Waals surface area contributed by atoms with Crippen molar-refractivity contribution in [3.05, 3.63) is 65.7 Å². The second-order valence-electron chi connectivity index (χ2n) is 5.15. The van der Waals surface area contributed by atoms with E-state index in [0.29, 0.717) is 12.1 Å². The number of amides is 3. The van der Waals surface area contributed by atoms with E-state index in [1.807, 2.05) is 55.5 Å². The fourth-order valence-corrected chi connectivity index (χ4v) is 2.56.